The predicted octanol–water partition coefficient (Wildman–Crippen LogP) is 0.807. The maximum atomic E-state index is 11.7. The van der Waals surface area contributed by atoms with Crippen LogP contribution >= 0.6 is 0 Å². The van der Waals surface area contributed by atoms with Crippen molar-refractivity contribution in [2.45, 2.75) is 38.8 Å². The van der Waals surface area contributed by atoms with Crippen LogP contribution in [-0.4, -0.2) is 42.0 Å². The van der Waals surface area contributed by atoms with Crippen molar-refractivity contribution in [3.05, 3.63) is 0 Å². The number of nitrogens with one attached hydrogen (secondary N) is 2. The van der Waals surface area contributed by atoms with Crippen LogP contribution in [0.1, 0.15) is 30.0 Å². The van der Waals surface area contributed by atoms with E-state index < -0.39 is 5.54 Å². The molecule has 0 spiro atoms. The van der Waals surface area contributed by atoms with E-state index in [0.717, 1.165) is 0 Å². The first-order valence-corrected chi connectivity index (χ1v) is 5.25. The second kappa shape index (κ2) is 4.18. The van der Waals surface area contributed by atoms with Crippen LogP contribution in [0, 0.1) is 0 Å². The number of urea groups is 1. The minimum Gasteiger partial charge on any atom is -0.322 e. The van der Waals surface area contributed by atoms with Gasteiger partial charge in [-0.2, -0.15) is 0 Å². The standard InChI is InChI=1S/C10H19N3O2.2H2/c1-5-10(6-13(4)7(2)3)8(14)11-9(15)12-10;;/h7H,5-6H2,1-4H3,(H2,11,12,14,15);2*1H. The highest BCUT2D eigenvalue weighted by molar-refractivity contribution is 6.07. The zero-order chi connectivity index (χ0) is 11.6. The summed E-state index contributed by atoms with van der Waals surface area (Å²) in [6, 6.07) is -0.0438. The lowest BCUT2D eigenvalue weighted by Crippen LogP contribution is -2.55. The quantitative estimate of drug-likeness (QED) is 0.685. The number of imide groups is 1. The third kappa shape index (κ3) is 2.28. The lowest BCUT2D eigenvalue weighted by atomic mass is 9.95. The molecule has 5 heteroatoms. The van der Waals surface area contributed by atoms with Gasteiger partial charge in [-0.05, 0) is 27.3 Å². The van der Waals surface area contributed by atoms with Crippen LogP contribution in [0.2, 0.25) is 0 Å². The van der Waals surface area contributed by atoms with Gasteiger partial charge >= 0.3 is 6.03 Å². The number of rotatable bonds is 4. The van der Waals surface area contributed by atoms with Crippen LogP contribution in [0.15, 0.2) is 0 Å². The summed E-state index contributed by atoms with van der Waals surface area (Å²) < 4.78 is 0. The van der Waals surface area contributed by atoms with Crippen molar-refractivity contribution in [1.82, 2.24) is 15.5 Å². The zero-order valence-corrected chi connectivity index (χ0v) is 9.76. The molecule has 0 saturated carbocycles. The molecule has 5 nitrogen and oxygen atoms in total. The Morgan fingerprint density at radius 2 is 2.07 bits per heavy atom. The van der Waals surface area contributed by atoms with E-state index in [1.807, 2.05) is 14.0 Å². The maximum absolute atomic E-state index is 11.7. The van der Waals surface area contributed by atoms with E-state index in [0.29, 0.717) is 19.0 Å². The normalized spacial score (nSPS) is 26.0. The topological polar surface area (TPSA) is 61.4 Å². The Kier molecular flexibility index (Phi) is 3.34. The molecule has 3 amide bonds. The highest BCUT2D eigenvalue weighted by Gasteiger charge is 2.45. The summed E-state index contributed by atoms with van der Waals surface area (Å²) in [7, 11) is 1.94. The molecule has 90 valence electrons. The maximum Gasteiger partial charge on any atom is 0.322 e. The number of carbonyl (C=O) groups excluding carboxylic acids is 2. The molecule has 2 N–H and O–H groups in total. The van der Waals surface area contributed by atoms with E-state index in [4.69, 9.17) is 0 Å². The summed E-state index contributed by atoms with van der Waals surface area (Å²) in [4.78, 5) is 24.8. The van der Waals surface area contributed by atoms with Crippen LogP contribution in [-0.2, 0) is 4.79 Å². The highest BCUT2D eigenvalue weighted by atomic mass is 16.2. The lowest BCUT2D eigenvalue weighted by molar-refractivity contribution is -0.124. The van der Waals surface area contributed by atoms with Gasteiger partial charge in [0.2, 0.25) is 0 Å². The third-order valence-corrected chi connectivity index (χ3v) is 3.02. The van der Waals surface area contributed by atoms with Crippen molar-refractivity contribution in [2.75, 3.05) is 13.6 Å². The monoisotopic (exact) mass is 217 g/mol. The van der Waals surface area contributed by atoms with Crippen molar-refractivity contribution in [3.8, 4) is 0 Å². The Morgan fingerprint density at radius 1 is 1.47 bits per heavy atom. The van der Waals surface area contributed by atoms with Gasteiger partial charge in [-0.25, -0.2) is 4.79 Å². The Bertz CT molecular complexity index is 287. The smallest absolute Gasteiger partial charge is 0.322 e. The van der Waals surface area contributed by atoms with Crippen LogP contribution < -0.4 is 10.6 Å². The van der Waals surface area contributed by atoms with E-state index >= 15 is 0 Å². The fourth-order valence-electron chi connectivity index (χ4n) is 1.61. The van der Waals surface area contributed by atoms with Gasteiger partial charge in [0.15, 0.2) is 0 Å². The van der Waals surface area contributed by atoms with Crippen molar-refractivity contribution in [3.63, 3.8) is 0 Å². The molecule has 1 aliphatic rings. The molecule has 1 unspecified atom stereocenters. The summed E-state index contributed by atoms with van der Waals surface area (Å²) in [6.07, 6.45) is 0.599. The second-order valence-electron chi connectivity index (χ2n) is 4.35. The molecular formula is C10H23N3O2. The van der Waals surface area contributed by atoms with Gasteiger partial charge in [0.05, 0.1) is 0 Å². The molecule has 0 aromatic heterocycles. The average Bonchev–Trinajstić information content (AvgIpc) is 2.42. The fourth-order valence-corrected chi connectivity index (χ4v) is 1.61. The van der Waals surface area contributed by atoms with E-state index in [2.05, 4.69) is 29.4 Å². The lowest BCUT2D eigenvalue weighted by Gasteiger charge is -2.32. The average molecular weight is 217 g/mol. The van der Waals surface area contributed by atoms with Crippen LogP contribution in [0.4, 0.5) is 4.79 Å². The first kappa shape index (κ1) is 12.0. The van der Waals surface area contributed by atoms with Crippen LogP contribution in [0.25, 0.3) is 0 Å². The molecule has 0 bridgehead atoms. The van der Waals surface area contributed by atoms with Crippen molar-refractivity contribution in [1.29, 1.82) is 0 Å². The fraction of sp³-hybridized carbons (Fsp3) is 0.800. The molecular weight excluding hydrogens is 194 g/mol. The number of likely N-dealkylation sites (N-methyl/N-ethyl adjacent to an activating group) is 1. The first-order chi connectivity index (χ1) is 6.91. The summed E-state index contributed by atoms with van der Waals surface area (Å²) >= 11 is 0. The van der Waals surface area contributed by atoms with Gasteiger partial charge in [-0.1, -0.05) is 6.92 Å². The van der Waals surface area contributed by atoms with Gasteiger partial charge in [0.25, 0.3) is 5.91 Å². The zero-order valence-electron chi connectivity index (χ0n) is 9.76. The molecule has 0 radical (unpaired) electrons. The van der Waals surface area contributed by atoms with Crippen molar-refractivity contribution >= 4 is 11.9 Å². The molecule has 15 heavy (non-hydrogen) atoms. The van der Waals surface area contributed by atoms with Gasteiger partial charge in [-0.15, -0.1) is 0 Å². The summed E-state index contributed by atoms with van der Waals surface area (Å²) in [6.45, 7) is 6.55. The Morgan fingerprint density at radius 3 is 2.40 bits per heavy atom. The molecule has 0 aliphatic carbocycles. The van der Waals surface area contributed by atoms with Gasteiger partial charge < -0.3 is 10.2 Å². The summed E-state index contributed by atoms with van der Waals surface area (Å²) in [5.41, 5.74) is -0.754. The number of hydrogen-bond donors (Lipinski definition) is 2. The van der Waals surface area contributed by atoms with Gasteiger partial charge in [0, 0.05) is 15.4 Å². The molecule has 1 heterocycles. The minimum atomic E-state index is -0.754. The molecule has 0 aromatic carbocycles. The van der Waals surface area contributed by atoms with E-state index in [1.165, 1.54) is 0 Å². The van der Waals surface area contributed by atoms with Gasteiger partial charge in [0.1, 0.15) is 5.54 Å². The number of nitrogens with zero attached hydrogens (tertiary/aromatic N) is 1. The van der Waals surface area contributed by atoms with Crippen molar-refractivity contribution < 1.29 is 12.4 Å². The van der Waals surface area contributed by atoms with Crippen LogP contribution in [0.5, 0.6) is 0 Å². The summed E-state index contributed by atoms with van der Waals surface area (Å²) in [5.74, 6) is -0.220. The Labute approximate surface area is 93.2 Å². The van der Waals surface area contributed by atoms with E-state index in [1.54, 1.807) is 0 Å². The minimum absolute atomic E-state index is 0. The number of carbonyl (C=O) groups is 2. The SMILES string of the molecule is CCC1(CN(C)C(C)C)NC(=O)NC1=O.[HH].[HH]. The largest absolute Gasteiger partial charge is 0.322 e. The molecule has 1 saturated heterocycles. The number of hydrogen-bond acceptors (Lipinski definition) is 3. The predicted molar refractivity (Wildman–Crippen MR) is 61.7 cm³/mol. The second-order valence-corrected chi connectivity index (χ2v) is 4.35. The molecule has 1 aliphatic heterocycles. The molecule has 1 rings (SSSR count). The Hall–Kier alpha value is -1.10. The first-order valence-electron chi connectivity index (χ1n) is 5.25. The third-order valence-electron chi connectivity index (χ3n) is 3.02. The number of amides is 3. The molecule has 0 aromatic rings. The van der Waals surface area contributed by atoms with E-state index in [9.17, 15) is 9.59 Å². The summed E-state index contributed by atoms with van der Waals surface area (Å²) in [5, 5.41) is 5.00. The van der Waals surface area contributed by atoms with E-state index in [-0.39, 0.29) is 14.8 Å². The molecule has 1 atom stereocenters. The highest BCUT2D eigenvalue weighted by Crippen LogP contribution is 2.17. The molecule has 1 fully saturated rings. The van der Waals surface area contributed by atoms with Gasteiger partial charge in [-0.3, -0.25) is 10.1 Å². The Balaban J connectivity index is 0. The van der Waals surface area contributed by atoms with Crippen molar-refractivity contribution in [2.24, 2.45) is 0 Å². The van der Waals surface area contributed by atoms with Crippen LogP contribution in [0.3, 0.4) is 0 Å².